The van der Waals surface area contributed by atoms with E-state index in [9.17, 15) is 14.7 Å². The highest BCUT2D eigenvalue weighted by molar-refractivity contribution is 5.87. The van der Waals surface area contributed by atoms with E-state index in [1.54, 1.807) is 26.8 Å². The SMILES string of the molecule is COC(=O)c1ccc(C2(O)CN(C(=O)OC(C)(C)C)C2)cn1. The van der Waals surface area contributed by atoms with Crippen molar-refractivity contribution in [2.45, 2.75) is 32.0 Å². The standard InChI is InChI=1S/C15H20N2O5/c1-14(2,3)22-13(19)17-8-15(20,9-17)10-5-6-11(16-7-10)12(18)21-4/h5-7,20H,8-9H2,1-4H3. The van der Waals surface area contributed by atoms with Crippen molar-refractivity contribution in [2.24, 2.45) is 0 Å². The zero-order valence-electron chi connectivity index (χ0n) is 13.1. The first-order valence-electron chi connectivity index (χ1n) is 6.90. The minimum atomic E-state index is -1.17. The number of amides is 1. The van der Waals surface area contributed by atoms with Crippen molar-refractivity contribution in [3.05, 3.63) is 29.6 Å². The molecule has 0 saturated carbocycles. The van der Waals surface area contributed by atoms with E-state index in [-0.39, 0.29) is 18.8 Å². The molecule has 22 heavy (non-hydrogen) atoms. The molecule has 7 heteroatoms. The van der Waals surface area contributed by atoms with Crippen LogP contribution in [0.25, 0.3) is 0 Å². The highest BCUT2D eigenvalue weighted by atomic mass is 16.6. The van der Waals surface area contributed by atoms with Gasteiger partial charge in [0.1, 0.15) is 16.9 Å². The van der Waals surface area contributed by atoms with E-state index in [2.05, 4.69) is 9.72 Å². The third kappa shape index (κ3) is 3.36. The number of hydrogen-bond acceptors (Lipinski definition) is 6. The average Bonchev–Trinajstić information content (AvgIpc) is 2.41. The lowest BCUT2D eigenvalue weighted by molar-refractivity contribution is -0.103. The first kappa shape index (κ1) is 16.2. The van der Waals surface area contributed by atoms with Gasteiger partial charge in [0.05, 0.1) is 20.2 Å². The van der Waals surface area contributed by atoms with E-state index in [4.69, 9.17) is 4.74 Å². The van der Waals surface area contributed by atoms with Gasteiger partial charge < -0.3 is 19.5 Å². The van der Waals surface area contributed by atoms with E-state index < -0.39 is 23.3 Å². The van der Waals surface area contributed by atoms with Crippen LogP contribution in [0.3, 0.4) is 0 Å². The summed E-state index contributed by atoms with van der Waals surface area (Å²) >= 11 is 0. The van der Waals surface area contributed by atoms with Crippen LogP contribution in [-0.4, -0.2) is 52.9 Å². The summed E-state index contributed by atoms with van der Waals surface area (Å²) in [5.74, 6) is -0.539. The largest absolute Gasteiger partial charge is 0.464 e. The quantitative estimate of drug-likeness (QED) is 0.829. The molecule has 1 N–H and O–H groups in total. The van der Waals surface area contributed by atoms with E-state index >= 15 is 0 Å². The predicted molar refractivity (Wildman–Crippen MR) is 77.3 cm³/mol. The molecule has 1 saturated heterocycles. The Hall–Kier alpha value is -2.15. The molecule has 0 aromatic carbocycles. The minimum Gasteiger partial charge on any atom is -0.464 e. The molecule has 1 aromatic heterocycles. The molecule has 7 nitrogen and oxygen atoms in total. The van der Waals surface area contributed by atoms with Crippen LogP contribution in [0.15, 0.2) is 18.3 Å². The Morgan fingerprint density at radius 3 is 2.41 bits per heavy atom. The molecular weight excluding hydrogens is 288 g/mol. The van der Waals surface area contributed by atoms with Crippen LogP contribution < -0.4 is 0 Å². The van der Waals surface area contributed by atoms with Crippen LogP contribution in [0, 0.1) is 0 Å². The van der Waals surface area contributed by atoms with E-state index in [1.165, 1.54) is 24.3 Å². The van der Waals surface area contributed by atoms with Gasteiger partial charge in [-0.1, -0.05) is 6.07 Å². The Morgan fingerprint density at radius 1 is 1.32 bits per heavy atom. The maximum absolute atomic E-state index is 11.9. The fourth-order valence-corrected chi connectivity index (χ4v) is 2.12. The molecule has 0 spiro atoms. The fourth-order valence-electron chi connectivity index (χ4n) is 2.12. The number of likely N-dealkylation sites (tertiary alicyclic amines) is 1. The second-order valence-corrected chi connectivity index (χ2v) is 6.29. The monoisotopic (exact) mass is 308 g/mol. The van der Waals surface area contributed by atoms with Crippen LogP contribution in [-0.2, 0) is 15.1 Å². The van der Waals surface area contributed by atoms with Crippen LogP contribution >= 0.6 is 0 Å². The van der Waals surface area contributed by atoms with Gasteiger partial charge in [0.2, 0.25) is 0 Å². The van der Waals surface area contributed by atoms with Crippen molar-refractivity contribution < 1.29 is 24.2 Å². The number of methoxy groups -OCH3 is 1. The first-order valence-corrected chi connectivity index (χ1v) is 6.90. The number of esters is 1. The summed E-state index contributed by atoms with van der Waals surface area (Å²) in [5, 5.41) is 10.5. The maximum atomic E-state index is 11.9. The lowest BCUT2D eigenvalue weighted by atomic mass is 9.87. The van der Waals surface area contributed by atoms with Gasteiger partial charge in [-0.25, -0.2) is 14.6 Å². The smallest absolute Gasteiger partial charge is 0.410 e. The summed E-state index contributed by atoms with van der Waals surface area (Å²) in [6, 6.07) is 3.08. The Kier molecular flexibility index (Phi) is 4.10. The van der Waals surface area contributed by atoms with E-state index in [0.717, 1.165) is 0 Å². The Bertz CT molecular complexity index is 571. The molecule has 2 rings (SSSR count). The van der Waals surface area contributed by atoms with Gasteiger partial charge in [0, 0.05) is 11.8 Å². The number of hydrogen-bond donors (Lipinski definition) is 1. The van der Waals surface area contributed by atoms with Crippen molar-refractivity contribution in [3.63, 3.8) is 0 Å². The Balaban J connectivity index is 2.00. The van der Waals surface area contributed by atoms with Crippen LogP contribution in [0.2, 0.25) is 0 Å². The normalized spacial score (nSPS) is 16.7. The molecular formula is C15H20N2O5. The van der Waals surface area contributed by atoms with Gasteiger partial charge in [-0.2, -0.15) is 0 Å². The molecule has 1 aliphatic rings. The summed E-state index contributed by atoms with van der Waals surface area (Å²) < 4.78 is 9.80. The summed E-state index contributed by atoms with van der Waals surface area (Å²) in [4.78, 5) is 28.5. The number of nitrogens with zero attached hydrogens (tertiary/aromatic N) is 2. The zero-order chi connectivity index (χ0) is 16.5. The number of ether oxygens (including phenoxy) is 2. The van der Waals surface area contributed by atoms with E-state index in [1.807, 2.05) is 0 Å². The lowest BCUT2D eigenvalue weighted by Crippen LogP contribution is -2.61. The zero-order valence-corrected chi connectivity index (χ0v) is 13.1. The number of carbonyl (C=O) groups excluding carboxylic acids is 2. The summed E-state index contributed by atoms with van der Waals surface area (Å²) in [7, 11) is 1.27. The van der Waals surface area contributed by atoms with Crippen LogP contribution in [0.4, 0.5) is 4.79 Å². The van der Waals surface area contributed by atoms with Crippen LogP contribution in [0.1, 0.15) is 36.8 Å². The van der Waals surface area contributed by atoms with Gasteiger partial charge in [-0.05, 0) is 26.8 Å². The van der Waals surface area contributed by atoms with Crippen molar-refractivity contribution in [3.8, 4) is 0 Å². The van der Waals surface area contributed by atoms with Crippen molar-refractivity contribution in [1.29, 1.82) is 0 Å². The number of pyridine rings is 1. The maximum Gasteiger partial charge on any atom is 0.410 e. The topological polar surface area (TPSA) is 89.0 Å². The molecule has 0 bridgehead atoms. The molecule has 1 fully saturated rings. The summed E-state index contributed by atoms with van der Waals surface area (Å²) in [6.45, 7) is 5.60. The Morgan fingerprint density at radius 2 is 1.95 bits per heavy atom. The predicted octanol–water partition coefficient (Wildman–Crippen LogP) is 1.31. The molecule has 1 amide bonds. The third-order valence-electron chi connectivity index (χ3n) is 3.25. The van der Waals surface area contributed by atoms with Crippen molar-refractivity contribution in [2.75, 3.05) is 20.2 Å². The number of rotatable bonds is 2. The van der Waals surface area contributed by atoms with Crippen LogP contribution in [0.5, 0.6) is 0 Å². The highest BCUT2D eigenvalue weighted by Crippen LogP contribution is 2.32. The number of aliphatic hydroxyl groups is 1. The first-order chi connectivity index (χ1) is 10.1. The second-order valence-electron chi connectivity index (χ2n) is 6.29. The minimum absolute atomic E-state index is 0.126. The average molecular weight is 308 g/mol. The van der Waals surface area contributed by atoms with Gasteiger partial charge in [0.15, 0.2) is 0 Å². The molecule has 0 atom stereocenters. The molecule has 1 aliphatic heterocycles. The molecule has 120 valence electrons. The van der Waals surface area contributed by atoms with Gasteiger partial charge in [-0.15, -0.1) is 0 Å². The number of carbonyl (C=O) groups is 2. The number of aromatic nitrogens is 1. The van der Waals surface area contributed by atoms with Gasteiger partial charge in [-0.3, -0.25) is 0 Å². The third-order valence-corrected chi connectivity index (χ3v) is 3.25. The fraction of sp³-hybridized carbons (Fsp3) is 0.533. The number of β-amino-alcohol motifs (C(OH)–C–C–N with tert-alkyl or cyclic N) is 1. The highest BCUT2D eigenvalue weighted by Gasteiger charge is 2.46. The van der Waals surface area contributed by atoms with Gasteiger partial charge in [0.25, 0.3) is 0 Å². The lowest BCUT2D eigenvalue weighted by Gasteiger charge is -2.46. The van der Waals surface area contributed by atoms with Crippen molar-refractivity contribution in [1.82, 2.24) is 9.88 Å². The second kappa shape index (κ2) is 5.57. The van der Waals surface area contributed by atoms with E-state index in [0.29, 0.717) is 5.56 Å². The molecule has 1 aromatic rings. The Labute approximate surface area is 128 Å². The van der Waals surface area contributed by atoms with Crippen molar-refractivity contribution >= 4 is 12.1 Å². The van der Waals surface area contributed by atoms with Gasteiger partial charge >= 0.3 is 12.1 Å². The summed E-state index contributed by atoms with van der Waals surface area (Å²) in [6.07, 6.45) is 0.954. The molecule has 0 unspecified atom stereocenters. The molecule has 2 heterocycles. The summed E-state index contributed by atoms with van der Waals surface area (Å²) in [5.41, 5.74) is -1.04. The molecule has 0 aliphatic carbocycles. The molecule has 0 radical (unpaired) electrons.